The third kappa shape index (κ3) is 4.13. The van der Waals surface area contributed by atoms with E-state index in [0.717, 1.165) is 32.4 Å². The number of aliphatic carboxylic acids is 1. The maximum absolute atomic E-state index is 12.9. The summed E-state index contributed by atoms with van der Waals surface area (Å²) in [7, 11) is 0. The highest BCUT2D eigenvalue weighted by Gasteiger charge is 2.42. The van der Waals surface area contributed by atoms with Gasteiger partial charge in [0, 0.05) is 57.3 Å². The average Bonchev–Trinajstić information content (AvgIpc) is 3.13. The molecule has 0 saturated carbocycles. The van der Waals surface area contributed by atoms with Crippen LogP contribution in [0.25, 0.3) is 0 Å². The zero-order chi connectivity index (χ0) is 20.4. The number of carboxylic acids is 1. The number of piperidine rings is 1. The number of rotatable bonds is 3. The van der Waals surface area contributed by atoms with Gasteiger partial charge in [-0.15, -0.1) is 0 Å². The number of pyridine rings is 1. The van der Waals surface area contributed by atoms with Crippen molar-refractivity contribution < 1.29 is 19.5 Å². The zero-order valence-electron chi connectivity index (χ0n) is 16.5. The van der Waals surface area contributed by atoms with Crippen LogP contribution in [0.5, 0.6) is 0 Å². The van der Waals surface area contributed by atoms with E-state index in [9.17, 15) is 14.4 Å². The molecule has 0 atom stereocenters. The van der Waals surface area contributed by atoms with Gasteiger partial charge in [0.2, 0.25) is 5.91 Å². The first kappa shape index (κ1) is 19.5. The SMILES string of the molecule is O=C(O)CN1CCN(C(=O)N2CCC3(CC2)CCN(c2ccncc2)C3)CC1=O. The summed E-state index contributed by atoms with van der Waals surface area (Å²) in [4.78, 5) is 47.0. The van der Waals surface area contributed by atoms with Crippen LogP contribution in [0, 0.1) is 5.41 Å². The molecule has 9 heteroatoms. The molecular formula is C20H27N5O4. The molecule has 3 aliphatic rings. The van der Waals surface area contributed by atoms with Crippen molar-refractivity contribution in [1.29, 1.82) is 0 Å². The lowest BCUT2D eigenvalue weighted by atomic mass is 9.78. The summed E-state index contributed by atoms with van der Waals surface area (Å²) in [6.45, 7) is 3.75. The van der Waals surface area contributed by atoms with Gasteiger partial charge in [0.15, 0.2) is 0 Å². The number of carbonyl (C=O) groups is 3. The number of anilines is 1. The van der Waals surface area contributed by atoms with Gasteiger partial charge in [-0.3, -0.25) is 14.6 Å². The second-order valence-corrected chi connectivity index (χ2v) is 8.28. The van der Waals surface area contributed by atoms with E-state index in [4.69, 9.17) is 5.11 Å². The molecule has 0 radical (unpaired) electrons. The molecule has 1 spiro atoms. The third-order valence-corrected chi connectivity index (χ3v) is 6.48. The fourth-order valence-corrected chi connectivity index (χ4v) is 4.69. The van der Waals surface area contributed by atoms with E-state index in [0.29, 0.717) is 19.6 Å². The minimum atomic E-state index is -1.03. The highest BCUT2D eigenvalue weighted by molar-refractivity contribution is 5.87. The Morgan fingerprint density at radius 1 is 1.00 bits per heavy atom. The van der Waals surface area contributed by atoms with Crippen LogP contribution in [-0.4, -0.2) is 95.1 Å². The van der Waals surface area contributed by atoms with Crippen LogP contribution in [0.3, 0.4) is 0 Å². The topological polar surface area (TPSA) is 97.3 Å². The number of urea groups is 1. The van der Waals surface area contributed by atoms with Crippen LogP contribution in [0.4, 0.5) is 10.5 Å². The maximum Gasteiger partial charge on any atom is 0.323 e. The fourth-order valence-electron chi connectivity index (χ4n) is 4.69. The maximum atomic E-state index is 12.9. The molecule has 0 unspecified atom stereocenters. The molecule has 1 aromatic heterocycles. The van der Waals surface area contributed by atoms with Crippen molar-refractivity contribution in [2.75, 3.05) is 57.3 Å². The molecule has 1 N–H and O–H groups in total. The summed E-state index contributed by atoms with van der Waals surface area (Å²) in [5, 5.41) is 8.87. The lowest BCUT2D eigenvalue weighted by Crippen LogP contribution is -2.57. The molecule has 0 bridgehead atoms. The predicted octanol–water partition coefficient (Wildman–Crippen LogP) is 0.723. The van der Waals surface area contributed by atoms with Gasteiger partial charge in [-0.25, -0.2) is 4.79 Å². The molecule has 3 saturated heterocycles. The number of piperazine rings is 1. The first-order valence-electron chi connectivity index (χ1n) is 10.1. The zero-order valence-corrected chi connectivity index (χ0v) is 16.5. The van der Waals surface area contributed by atoms with Crippen molar-refractivity contribution >= 4 is 23.6 Å². The summed E-state index contributed by atoms with van der Waals surface area (Å²) in [5.41, 5.74) is 1.45. The highest BCUT2D eigenvalue weighted by atomic mass is 16.4. The molecule has 3 fully saturated rings. The Morgan fingerprint density at radius 3 is 2.34 bits per heavy atom. The van der Waals surface area contributed by atoms with E-state index in [-0.39, 0.29) is 37.0 Å². The quantitative estimate of drug-likeness (QED) is 0.802. The standard InChI is InChI=1S/C20H27N5O4/c26-17-13-24(12-11-23(17)14-18(27)28)19(29)22-8-3-20(4-9-22)5-10-25(15-20)16-1-6-21-7-2-16/h1-2,6-7H,3-5,8-15H2,(H,27,28). The summed E-state index contributed by atoms with van der Waals surface area (Å²) in [6, 6.07) is 3.98. The summed E-state index contributed by atoms with van der Waals surface area (Å²) in [6.07, 6.45) is 6.70. The molecule has 9 nitrogen and oxygen atoms in total. The Labute approximate surface area is 169 Å². The van der Waals surface area contributed by atoms with Crippen LogP contribution >= 0.6 is 0 Å². The summed E-state index contributed by atoms with van der Waals surface area (Å²) < 4.78 is 0. The Morgan fingerprint density at radius 2 is 1.69 bits per heavy atom. The number of likely N-dealkylation sites (tertiary alicyclic amines) is 1. The normalized spacial score (nSPS) is 21.7. The second kappa shape index (κ2) is 7.88. The number of carboxylic acid groups (broad SMARTS) is 1. The first-order chi connectivity index (χ1) is 14.0. The van der Waals surface area contributed by atoms with Crippen molar-refractivity contribution in [3.63, 3.8) is 0 Å². The predicted molar refractivity (Wildman–Crippen MR) is 105 cm³/mol. The minimum absolute atomic E-state index is 0.0381. The Bertz CT molecular complexity index is 778. The molecule has 0 aliphatic carbocycles. The van der Waals surface area contributed by atoms with Crippen LogP contribution in [0.2, 0.25) is 0 Å². The first-order valence-corrected chi connectivity index (χ1v) is 10.1. The van der Waals surface area contributed by atoms with E-state index in [1.165, 1.54) is 10.6 Å². The molecular weight excluding hydrogens is 374 g/mol. The number of hydrogen-bond donors (Lipinski definition) is 1. The molecule has 3 aliphatic heterocycles. The van der Waals surface area contributed by atoms with Gasteiger partial charge in [-0.1, -0.05) is 0 Å². The second-order valence-electron chi connectivity index (χ2n) is 8.28. The Balaban J connectivity index is 1.29. The number of carbonyl (C=O) groups excluding carboxylic acids is 2. The van der Waals surface area contributed by atoms with Crippen molar-refractivity contribution in [2.24, 2.45) is 5.41 Å². The van der Waals surface area contributed by atoms with E-state index in [1.54, 1.807) is 4.90 Å². The van der Waals surface area contributed by atoms with Crippen molar-refractivity contribution in [2.45, 2.75) is 19.3 Å². The van der Waals surface area contributed by atoms with Gasteiger partial charge in [0.05, 0.1) is 0 Å². The molecule has 156 valence electrons. The molecule has 1 aromatic rings. The van der Waals surface area contributed by atoms with Crippen molar-refractivity contribution in [1.82, 2.24) is 19.7 Å². The van der Waals surface area contributed by atoms with E-state index in [2.05, 4.69) is 9.88 Å². The highest BCUT2D eigenvalue weighted by Crippen LogP contribution is 2.41. The van der Waals surface area contributed by atoms with E-state index in [1.807, 2.05) is 29.4 Å². The van der Waals surface area contributed by atoms with Crippen LogP contribution in [-0.2, 0) is 9.59 Å². The lowest BCUT2D eigenvalue weighted by Gasteiger charge is -2.42. The van der Waals surface area contributed by atoms with Gasteiger partial charge >= 0.3 is 12.0 Å². The Hall–Kier alpha value is -2.84. The van der Waals surface area contributed by atoms with Gasteiger partial charge < -0.3 is 24.7 Å². The summed E-state index contributed by atoms with van der Waals surface area (Å²) >= 11 is 0. The molecule has 3 amide bonds. The van der Waals surface area contributed by atoms with E-state index < -0.39 is 5.97 Å². The summed E-state index contributed by atoms with van der Waals surface area (Å²) in [5.74, 6) is -1.33. The van der Waals surface area contributed by atoms with Gasteiger partial charge in [0.25, 0.3) is 0 Å². The number of amides is 3. The number of aromatic nitrogens is 1. The molecule has 0 aromatic carbocycles. The smallest absolute Gasteiger partial charge is 0.323 e. The monoisotopic (exact) mass is 401 g/mol. The largest absolute Gasteiger partial charge is 0.480 e. The van der Waals surface area contributed by atoms with Crippen molar-refractivity contribution in [3.05, 3.63) is 24.5 Å². The molecule has 4 rings (SSSR count). The molecule has 29 heavy (non-hydrogen) atoms. The van der Waals surface area contributed by atoms with Crippen LogP contribution in [0.1, 0.15) is 19.3 Å². The molecule has 4 heterocycles. The third-order valence-electron chi connectivity index (χ3n) is 6.48. The Kier molecular flexibility index (Phi) is 5.29. The van der Waals surface area contributed by atoms with Crippen LogP contribution < -0.4 is 4.90 Å². The van der Waals surface area contributed by atoms with E-state index >= 15 is 0 Å². The lowest BCUT2D eigenvalue weighted by molar-refractivity contribution is -0.146. The van der Waals surface area contributed by atoms with Gasteiger partial charge in [0.1, 0.15) is 13.1 Å². The van der Waals surface area contributed by atoms with Gasteiger partial charge in [-0.05, 0) is 36.8 Å². The van der Waals surface area contributed by atoms with Gasteiger partial charge in [-0.2, -0.15) is 0 Å². The van der Waals surface area contributed by atoms with Crippen molar-refractivity contribution in [3.8, 4) is 0 Å². The average molecular weight is 401 g/mol. The minimum Gasteiger partial charge on any atom is -0.480 e. The number of nitrogens with zero attached hydrogens (tertiary/aromatic N) is 5. The fraction of sp³-hybridized carbons (Fsp3) is 0.600. The van der Waals surface area contributed by atoms with Crippen LogP contribution in [0.15, 0.2) is 24.5 Å². The number of hydrogen-bond acceptors (Lipinski definition) is 5.